The number of hydrogen-bond donors (Lipinski definition) is 0. The molecule has 0 bridgehead atoms. The highest BCUT2D eigenvalue weighted by Gasteiger charge is 2.29. The molecule has 166 valence electrons. The Morgan fingerprint density at radius 1 is 0.969 bits per heavy atom. The first-order valence-corrected chi connectivity index (χ1v) is 10.6. The lowest BCUT2D eigenvalue weighted by Gasteiger charge is -2.35. The highest BCUT2D eigenvalue weighted by molar-refractivity contribution is 6.11. The van der Waals surface area contributed by atoms with Crippen LogP contribution in [0.1, 0.15) is 29.8 Å². The normalized spacial score (nSPS) is 20.2. The predicted molar refractivity (Wildman–Crippen MR) is 119 cm³/mol. The lowest BCUT2D eigenvalue weighted by atomic mass is 9.91. The fraction of sp³-hybridized carbons (Fsp3) is 0.375. The Morgan fingerprint density at radius 3 is 2.28 bits per heavy atom. The molecule has 1 aromatic heterocycles. The molecule has 0 saturated carbocycles. The summed E-state index contributed by atoms with van der Waals surface area (Å²) in [7, 11) is 3.19. The van der Waals surface area contributed by atoms with E-state index in [1.807, 2.05) is 32.0 Å². The van der Waals surface area contributed by atoms with E-state index in [0.717, 1.165) is 40.6 Å². The minimum Gasteiger partial charge on any atom is -0.493 e. The standard InChI is InChI=1S/C24H25N3O5/c1-13-10-27(11-14(2)32-13)24-25-8-17(9-26-24)21-18-7-20(30-4)19(29-3)6-15(18)5-16-12-31-23(28)22(16)21/h5-9,13-14H,10-12H2,1-4H3/t13-,14-/m0/s1. The molecule has 2 atom stereocenters. The number of rotatable bonds is 4. The summed E-state index contributed by atoms with van der Waals surface area (Å²) in [6.45, 7) is 5.80. The monoisotopic (exact) mass is 435 g/mol. The summed E-state index contributed by atoms with van der Waals surface area (Å²) in [5, 5.41) is 1.78. The molecule has 3 heterocycles. The number of morpholine rings is 1. The van der Waals surface area contributed by atoms with Crippen molar-refractivity contribution in [3.8, 4) is 22.6 Å². The van der Waals surface area contributed by atoms with Crippen LogP contribution in [0.3, 0.4) is 0 Å². The number of benzene rings is 2. The van der Waals surface area contributed by atoms with Crippen LogP contribution in [0.4, 0.5) is 5.95 Å². The number of aromatic nitrogens is 2. The van der Waals surface area contributed by atoms with Crippen LogP contribution in [0.5, 0.6) is 11.5 Å². The molecule has 0 aliphatic carbocycles. The Balaban J connectivity index is 1.64. The largest absolute Gasteiger partial charge is 0.493 e. The molecule has 2 aliphatic heterocycles. The van der Waals surface area contributed by atoms with E-state index >= 15 is 0 Å². The third-order valence-corrected chi connectivity index (χ3v) is 5.92. The van der Waals surface area contributed by atoms with Crippen molar-refractivity contribution in [3.05, 3.63) is 41.7 Å². The first kappa shape index (κ1) is 20.5. The van der Waals surface area contributed by atoms with Crippen LogP contribution in [-0.4, -0.2) is 55.5 Å². The van der Waals surface area contributed by atoms with Crippen molar-refractivity contribution in [2.24, 2.45) is 0 Å². The molecule has 3 aromatic rings. The van der Waals surface area contributed by atoms with Gasteiger partial charge in [-0.05, 0) is 42.8 Å². The predicted octanol–water partition coefficient (Wildman–Crippen LogP) is 3.60. The van der Waals surface area contributed by atoms with Gasteiger partial charge in [-0.25, -0.2) is 14.8 Å². The van der Waals surface area contributed by atoms with Gasteiger partial charge in [-0.2, -0.15) is 0 Å². The molecule has 2 aliphatic rings. The number of hydrogen-bond acceptors (Lipinski definition) is 8. The molecule has 0 amide bonds. The molecule has 0 radical (unpaired) electrons. The molecule has 0 unspecified atom stereocenters. The van der Waals surface area contributed by atoms with Gasteiger partial charge < -0.3 is 23.8 Å². The Hall–Kier alpha value is -3.39. The second kappa shape index (κ2) is 7.94. The van der Waals surface area contributed by atoms with Crippen LogP contribution in [0.15, 0.2) is 30.6 Å². The first-order chi connectivity index (χ1) is 15.5. The van der Waals surface area contributed by atoms with Crippen molar-refractivity contribution in [3.63, 3.8) is 0 Å². The molecule has 1 saturated heterocycles. The SMILES string of the molecule is COc1cc2cc3c(c(-c4cnc(N5C[C@H](C)O[C@@H](C)C5)nc4)c2cc1OC)C(=O)OC3. The fourth-order valence-electron chi connectivity index (χ4n) is 4.60. The molecule has 0 spiro atoms. The number of nitrogens with zero attached hydrogens (tertiary/aromatic N) is 3. The molecule has 8 nitrogen and oxygen atoms in total. The van der Waals surface area contributed by atoms with E-state index in [9.17, 15) is 4.79 Å². The Morgan fingerprint density at radius 2 is 1.62 bits per heavy atom. The van der Waals surface area contributed by atoms with Gasteiger partial charge in [0.05, 0.1) is 32.0 Å². The zero-order valence-electron chi connectivity index (χ0n) is 18.5. The van der Waals surface area contributed by atoms with E-state index in [-0.39, 0.29) is 24.8 Å². The second-order valence-corrected chi connectivity index (χ2v) is 8.22. The molecule has 2 aromatic carbocycles. The molecule has 0 N–H and O–H groups in total. The van der Waals surface area contributed by atoms with Crippen LogP contribution in [0.25, 0.3) is 21.9 Å². The summed E-state index contributed by atoms with van der Waals surface area (Å²) in [5.41, 5.74) is 2.88. The summed E-state index contributed by atoms with van der Waals surface area (Å²) < 4.78 is 22.1. The van der Waals surface area contributed by atoms with Gasteiger partial charge in [-0.3, -0.25) is 0 Å². The van der Waals surface area contributed by atoms with Gasteiger partial charge in [0.25, 0.3) is 0 Å². The van der Waals surface area contributed by atoms with Crippen molar-refractivity contribution >= 4 is 22.7 Å². The van der Waals surface area contributed by atoms with Crippen molar-refractivity contribution in [2.75, 3.05) is 32.2 Å². The third-order valence-electron chi connectivity index (χ3n) is 5.92. The number of methoxy groups -OCH3 is 2. The van der Waals surface area contributed by atoms with Gasteiger partial charge in [-0.15, -0.1) is 0 Å². The summed E-state index contributed by atoms with van der Waals surface area (Å²) in [5.74, 6) is 1.51. The van der Waals surface area contributed by atoms with Crippen LogP contribution in [0, 0.1) is 0 Å². The number of fused-ring (bicyclic) bond motifs is 2. The van der Waals surface area contributed by atoms with E-state index in [4.69, 9.17) is 18.9 Å². The summed E-state index contributed by atoms with van der Waals surface area (Å²) in [6.07, 6.45) is 3.76. The van der Waals surface area contributed by atoms with Gasteiger partial charge in [0, 0.05) is 42.2 Å². The molecule has 8 heteroatoms. The average molecular weight is 435 g/mol. The van der Waals surface area contributed by atoms with Crippen molar-refractivity contribution in [2.45, 2.75) is 32.7 Å². The van der Waals surface area contributed by atoms with Gasteiger partial charge >= 0.3 is 5.97 Å². The Bertz CT molecular complexity index is 1180. The molecule has 32 heavy (non-hydrogen) atoms. The molecule has 5 rings (SSSR count). The highest BCUT2D eigenvalue weighted by atomic mass is 16.5. The maximum atomic E-state index is 12.6. The van der Waals surface area contributed by atoms with Crippen LogP contribution < -0.4 is 14.4 Å². The number of ether oxygens (including phenoxy) is 4. The lowest BCUT2D eigenvalue weighted by Crippen LogP contribution is -2.46. The molecular weight excluding hydrogens is 410 g/mol. The average Bonchev–Trinajstić information content (AvgIpc) is 3.16. The van der Waals surface area contributed by atoms with E-state index in [2.05, 4.69) is 14.9 Å². The summed E-state index contributed by atoms with van der Waals surface area (Å²) in [4.78, 5) is 24.0. The minimum absolute atomic E-state index is 0.112. The van der Waals surface area contributed by atoms with Crippen LogP contribution >= 0.6 is 0 Å². The summed E-state index contributed by atoms with van der Waals surface area (Å²) in [6, 6.07) is 5.76. The van der Waals surface area contributed by atoms with Gasteiger partial charge in [0.15, 0.2) is 11.5 Å². The Labute approximate surface area is 186 Å². The van der Waals surface area contributed by atoms with Crippen LogP contribution in [0.2, 0.25) is 0 Å². The van der Waals surface area contributed by atoms with Gasteiger partial charge in [0.2, 0.25) is 5.95 Å². The van der Waals surface area contributed by atoms with Gasteiger partial charge in [-0.1, -0.05) is 0 Å². The van der Waals surface area contributed by atoms with E-state index in [1.54, 1.807) is 26.6 Å². The smallest absolute Gasteiger partial charge is 0.339 e. The quantitative estimate of drug-likeness (QED) is 0.575. The number of carbonyl (C=O) groups is 1. The highest BCUT2D eigenvalue weighted by Crippen LogP contribution is 2.42. The zero-order valence-corrected chi connectivity index (χ0v) is 18.5. The van der Waals surface area contributed by atoms with Crippen molar-refractivity contribution < 1.29 is 23.7 Å². The maximum absolute atomic E-state index is 12.6. The fourth-order valence-corrected chi connectivity index (χ4v) is 4.60. The Kier molecular flexibility index (Phi) is 5.09. The van der Waals surface area contributed by atoms with E-state index in [0.29, 0.717) is 23.0 Å². The van der Waals surface area contributed by atoms with Crippen LogP contribution in [-0.2, 0) is 16.1 Å². The van der Waals surface area contributed by atoms with E-state index < -0.39 is 0 Å². The number of carbonyl (C=O) groups excluding carboxylic acids is 1. The maximum Gasteiger partial charge on any atom is 0.339 e. The second-order valence-electron chi connectivity index (χ2n) is 8.22. The molecular formula is C24H25N3O5. The number of anilines is 1. The number of cyclic esters (lactones) is 1. The third kappa shape index (κ3) is 3.40. The van der Waals surface area contributed by atoms with Crippen molar-refractivity contribution in [1.82, 2.24) is 9.97 Å². The minimum atomic E-state index is -0.341. The van der Waals surface area contributed by atoms with E-state index in [1.165, 1.54) is 0 Å². The number of esters is 1. The van der Waals surface area contributed by atoms with Crippen molar-refractivity contribution in [1.29, 1.82) is 0 Å². The summed E-state index contributed by atoms with van der Waals surface area (Å²) >= 11 is 0. The lowest BCUT2D eigenvalue weighted by molar-refractivity contribution is -0.00572. The molecule has 1 fully saturated rings. The topological polar surface area (TPSA) is 83.0 Å². The first-order valence-electron chi connectivity index (χ1n) is 10.6. The van der Waals surface area contributed by atoms with Gasteiger partial charge in [0.1, 0.15) is 6.61 Å². The zero-order chi connectivity index (χ0) is 22.4.